The predicted octanol–water partition coefficient (Wildman–Crippen LogP) is 2.88. The van der Waals surface area contributed by atoms with Gasteiger partial charge in [-0.25, -0.2) is 13.1 Å². The van der Waals surface area contributed by atoms with Gasteiger partial charge in [-0.05, 0) is 71.3 Å². The first-order valence-corrected chi connectivity index (χ1v) is 12.4. The highest BCUT2D eigenvalue weighted by Gasteiger charge is 2.29. The van der Waals surface area contributed by atoms with Gasteiger partial charge in [0, 0.05) is 29.3 Å². The lowest BCUT2D eigenvalue weighted by atomic mass is 9.81. The second-order valence-electron chi connectivity index (χ2n) is 6.83. The van der Waals surface area contributed by atoms with Crippen LogP contribution in [0.2, 0.25) is 0 Å². The highest BCUT2D eigenvalue weighted by atomic mass is 79.9. The SMILES string of the molecule is CSCC1CC(Nc2cc(C)c(S(=O)(=O)NCCn3cnnc3)cc2Br)C1. The molecule has 1 fully saturated rings. The molecule has 1 aromatic carbocycles. The smallest absolute Gasteiger partial charge is 0.240 e. The number of sulfonamides is 1. The van der Waals surface area contributed by atoms with Gasteiger partial charge in [0.25, 0.3) is 0 Å². The third-order valence-corrected chi connectivity index (χ3v) is 7.74. The number of hydrogen-bond donors (Lipinski definition) is 2. The zero-order valence-electron chi connectivity index (χ0n) is 15.4. The summed E-state index contributed by atoms with van der Waals surface area (Å²) in [7, 11) is -3.58. The van der Waals surface area contributed by atoms with Crippen LogP contribution >= 0.6 is 27.7 Å². The second kappa shape index (κ2) is 8.93. The number of halogens is 1. The average molecular weight is 474 g/mol. The fourth-order valence-corrected chi connectivity index (χ4v) is 5.86. The summed E-state index contributed by atoms with van der Waals surface area (Å²) in [5.41, 5.74) is 1.67. The Morgan fingerprint density at radius 1 is 1.30 bits per heavy atom. The number of anilines is 1. The monoisotopic (exact) mass is 473 g/mol. The summed E-state index contributed by atoms with van der Waals surface area (Å²) >= 11 is 5.41. The lowest BCUT2D eigenvalue weighted by Crippen LogP contribution is -2.36. The van der Waals surface area contributed by atoms with E-state index in [-0.39, 0.29) is 11.4 Å². The third kappa shape index (κ3) is 5.24. The van der Waals surface area contributed by atoms with Crippen molar-refractivity contribution < 1.29 is 8.42 Å². The van der Waals surface area contributed by atoms with Gasteiger partial charge in [0.15, 0.2) is 0 Å². The topological polar surface area (TPSA) is 88.9 Å². The van der Waals surface area contributed by atoms with Crippen LogP contribution in [-0.2, 0) is 16.6 Å². The van der Waals surface area contributed by atoms with E-state index in [4.69, 9.17) is 0 Å². The number of nitrogens with zero attached hydrogens (tertiary/aromatic N) is 3. The molecule has 27 heavy (non-hydrogen) atoms. The first-order valence-electron chi connectivity index (χ1n) is 8.76. The van der Waals surface area contributed by atoms with Gasteiger partial charge in [0.05, 0.1) is 4.90 Å². The van der Waals surface area contributed by atoms with E-state index >= 15 is 0 Å². The van der Waals surface area contributed by atoms with E-state index in [2.05, 4.69) is 42.4 Å². The van der Waals surface area contributed by atoms with Gasteiger partial charge < -0.3 is 9.88 Å². The Kier molecular flexibility index (Phi) is 6.83. The van der Waals surface area contributed by atoms with Gasteiger partial charge >= 0.3 is 0 Å². The molecular formula is C17H24BrN5O2S2. The number of aromatic nitrogens is 3. The standard InChI is InChI=1S/C17H24BrN5O2S2/c1-12-5-16(22-14-6-13(7-14)9-26-2)15(18)8-17(12)27(24,25)21-3-4-23-10-19-20-11-23/h5,8,10-11,13-14,21-22H,3-4,6-7,9H2,1-2H3. The molecule has 0 spiro atoms. The first kappa shape index (κ1) is 20.6. The molecule has 0 unspecified atom stereocenters. The van der Waals surface area contributed by atoms with Crippen LogP contribution in [0.25, 0.3) is 0 Å². The molecule has 1 heterocycles. The van der Waals surface area contributed by atoms with Crippen molar-refractivity contribution in [2.24, 2.45) is 5.92 Å². The molecule has 2 aromatic rings. The second-order valence-corrected chi connectivity index (χ2v) is 10.3. The van der Waals surface area contributed by atoms with Gasteiger partial charge in [-0.15, -0.1) is 10.2 Å². The van der Waals surface area contributed by atoms with Gasteiger partial charge in [-0.2, -0.15) is 11.8 Å². The molecule has 1 aliphatic rings. The van der Waals surface area contributed by atoms with Gasteiger partial charge in [-0.3, -0.25) is 0 Å². The van der Waals surface area contributed by atoms with Crippen molar-refractivity contribution in [1.29, 1.82) is 0 Å². The zero-order chi connectivity index (χ0) is 19.4. The van der Waals surface area contributed by atoms with E-state index in [0.717, 1.165) is 34.5 Å². The molecule has 0 saturated heterocycles. The molecule has 0 amide bonds. The number of thioether (sulfide) groups is 1. The summed E-state index contributed by atoms with van der Waals surface area (Å²) in [6, 6.07) is 4.04. The quantitative estimate of drug-likeness (QED) is 0.581. The maximum Gasteiger partial charge on any atom is 0.240 e. The normalized spacial score (nSPS) is 19.7. The van der Waals surface area contributed by atoms with Crippen LogP contribution in [0.5, 0.6) is 0 Å². The van der Waals surface area contributed by atoms with E-state index < -0.39 is 10.0 Å². The summed E-state index contributed by atoms with van der Waals surface area (Å²) < 4.78 is 30.4. The number of benzene rings is 1. The van der Waals surface area contributed by atoms with Gasteiger partial charge in [0.2, 0.25) is 10.0 Å². The van der Waals surface area contributed by atoms with Crippen LogP contribution in [0.3, 0.4) is 0 Å². The first-order chi connectivity index (χ1) is 12.9. The highest BCUT2D eigenvalue weighted by Crippen LogP contribution is 2.35. The van der Waals surface area contributed by atoms with E-state index in [1.807, 2.05) is 24.8 Å². The Labute approximate surface area is 172 Å². The average Bonchev–Trinajstić information content (AvgIpc) is 3.08. The molecule has 3 rings (SSSR count). The van der Waals surface area contributed by atoms with Crippen LogP contribution in [0.1, 0.15) is 18.4 Å². The van der Waals surface area contributed by atoms with Crippen molar-refractivity contribution in [2.75, 3.05) is 23.9 Å². The summed E-state index contributed by atoms with van der Waals surface area (Å²) in [5, 5.41) is 10.9. The number of hydrogen-bond acceptors (Lipinski definition) is 6. The Balaban J connectivity index is 1.63. The lowest BCUT2D eigenvalue weighted by Gasteiger charge is -2.36. The van der Waals surface area contributed by atoms with E-state index in [1.54, 1.807) is 23.3 Å². The highest BCUT2D eigenvalue weighted by molar-refractivity contribution is 9.10. The minimum atomic E-state index is -3.58. The molecule has 10 heteroatoms. The Bertz CT molecular complexity index is 868. The van der Waals surface area contributed by atoms with Crippen molar-refractivity contribution in [2.45, 2.75) is 37.2 Å². The molecule has 0 bridgehead atoms. The van der Waals surface area contributed by atoms with Crippen molar-refractivity contribution in [3.8, 4) is 0 Å². The maximum atomic E-state index is 12.7. The number of aryl methyl sites for hydroxylation is 1. The molecule has 7 nitrogen and oxygen atoms in total. The molecule has 1 aromatic heterocycles. The molecule has 0 radical (unpaired) electrons. The Morgan fingerprint density at radius 2 is 2.00 bits per heavy atom. The van der Waals surface area contributed by atoms with Crippen molar-refractivity contribution >= 4 is 43.4 Å². The van der Waals surface area contributed by atoms with Crippen LogP contribution < -0.4 is 10.0 Å². The summed E-state index contributed by atoms with van der Waals surface area (Å²) in [6.45, 7) is 2.57. The molecule has 2 N–H and O–H groups in total. The summed E-state index contributed by atoms with van der Waals surface area (Å²) in [4.78, 5) is 0.289. The largest absolute Gasteiger partial charge is 0.381 e. The minimum Gasteiger partial charge on any atom is -0.381 e. The van der Waals surface area contributed by atoms with E-state index in [9.17, 15) is 8.42 Å². The molecule has 1 aliphatic carbocycles. The van der Waals surface area contributed by atoms with Crippen LogP contribution in [0, 0.1) is 12.8 Å². The zero-order valence-corrected chi connectivity index (χ0v) is 18.6. The minimum absolute atomic E-state index is 0.274. The third-order valence-electron chi connectivity index (χ3n) is 4.68. The maximum absolute atomic E-state index is 12.7. The van der Waals surface area contributed by atoms with Crippen LogP contribution in [-0.4, -0.2) is 47.8 Å². The molecule has 0 atom stereocenters. The van der Waals surface area contributed by atoms with E-state index in [1.165, 1.54) is 5.75 Å². The molecule has 0 aliphatic heterocycles. The van der Waals surface area contributed by atoms with Gasteiger partial charge in [0.1, 0.15) is 12.7 Å². The Morgan fingerprint density at radius 3 is 2.67 bits per heavy atom. The van der Waals surface area contributed by atoms with Crippen LogP contribution in [0.4, 0.5) is 5.69 Å². The summed E-state index contributed by atoms with van der Waals surface area (Å²) in [5.74, 6) is 1.99. The fourth-order valence-electron chi connectivity index (χ4n) is 3.23. The fraction of sp³-hybridized carbons (Fsp3) is 0.529. The summed E-state index contributed by atoms with van der Waals surface area (Å²) in [6.07, 6.45) is 7.58. The number of rotatable bonds is 9. The lowest BCUT2D eigenvalue weighted by molar-refractivity contribution is 0.315. The number of nitrogens with one attached hydrogen (secondary N) is 2. The van der Waals surface area contributed by atoms with Crippen molar-refractivity contribution in [3.63, 3.8) is 0 Å². The molecule has 148 valence electrons. The Hall–Kier alpha value is -1.10. The van der Waals surface area contributed by atoms with Crippen molar-refractivity contribution in [3.05, 3.63) is 34.8 Å². The van der Waals surface area contributed by atoms with Crippen molar-refractivity contribution in [1.82, 2.24) is 19.5 Å². The molecule has 1 saturated carbocycles. The van der Waals surface area contributed by atoms with Crippen LogP contribution in [0.15, 0.2) is 34.2 Å². The van der Waals surface area contributed by atoms with E-state index in [0.29, 0.717) is 12.6 Å². The molecular weight excluding hydrogens is 450 g/mol. The predicted molar refractivity (Wildman–Crippen MR) is 113 cm³/mol. The van der Waals surface area contributed by atoms with Gasteiger partial charge in [-0.1, -0.05) is 0 Å².